The number of carbonyl (C=O) groups is 2. The molecule has 0 fully saturated rings. The average molecular weight is 362 g/mol. The van der Waals surface area contributed by atoms with E-state index in [0.29, 0.717) is 29.0 Å². The van der Waals surface area contributed by atoms with Crippen molar-refractivity contribution in [1.82, 2.24) is 4.98 Å². The van der Waals surface area contributed by atoms with Crippen molar-refractivity contribution < 1.29 is 19.1 Å². The third-order valence-electron chi connectivity index (χ3n) is 4.53. The molecule has 0 aliphatic carbocycles. The molecule has 0 saturated carbocycles. The Bertz CT molecular complexity index is 1090. The quantitative estimate of drug-likeness (QED) is 0.546. The van der Waals surface area contributed by atoms with Crippen LogP contribution in [0.15, 0.2) is 42.6 Å². The normalized spacial score (nSPS) is 14.3. The molecule has 1 aliphatic rings. The lowest BCUT2D eigenvalue weighted by Crippen LogP contribution is -2.04. The van der Waals surface area contributed by atoms with Gasteiger partial charge in [-0.1, -0.05) is 0 Å². The van der Waals surface area contributed by atoms with Crippen molar-refractivity contribution in [3.63, 3.8) is 0 Å². The van der Waals surface area contributed by atoms with Crippen molar-refractivity contribution in [3.05, 3.63) is 59.3 Å². The molecule has 6 nitrogen and oxygen atoms in total. The first-order chi connectivity index (χ1) is 13.1. The Kier molecular flexibility index (Phi) is 4.16. The Morgan fingerprint density at radius 3 is 2.81 bits per heavy atom. The van der Waals surface area contributed by atoms with Crippen LogP contribution in [0.3, 0.4) is 0 Å². The van der Waals surface area contributed by atoms with E-state index in [1.165, 1.54) is 0 Å². The number of benzene rings is 2. The van der Waals surface area contributed by atoms with Gasteiger partial charge in [0, 0.05) is 39.5 Å². The molecule has 1 amide bonds. The van der Waals surface area contributed by atoms with Gasteiger partial charge in [0.15, 0.2) is 0 Å². The summed E-state index contributed by atoms with van der Waals surface area (Å²) in [6.07, 6.45) is 3.66. The number of amides is 1. The molecule has 0 saturated heterocycles. The van der Waals surface area contributed by atoms with Crippen molar-refractivity contribution in [2.75, 3.05) is 19.0 Å². The first-order valence-electron chi connectivity index (χ1n) is 8.60. The number of rotatable bonds is 4. The first-order valence-corrected chi connectivity index (χ1v) is 8.60. The zero-order valence-corrected chi connectivity index (χ0v) is 15.0. The van der Waals surface area contributed by atoms with Crippen LogP contribution in [0.5, 0.6) is 5.75 Å². The van der Waals surface area contributed by atoms with E-state index in [2.05, 4.69) is 10.3 Å². The number of ether oxygens (including phenoxy) is 2. The van der Waals surface area contributed by atoms with Crippen LogP contribution in [0, 0.1) is 0 Å². The molecule has 27 heavy (non-hydrogen) atoms. The highest BCUT2D eigenvalue weighted by molar-refractivity contribution is 6.35. The standard InChI is InChI=1S/C21H18N2O4/c1-3-27-21(25)12-4-6-19-16(8-12)17(20(24)23-19)9-13-11-22-18-7-5-14(26-2)10-15(13)18/h4-11,22H,3H2,1-2H3,(H,23,24). The van der Waals surface area contributed by atoms with Crippen molar-refractivity contribution in [2.24, 2.45) is 0 Å². The number of aromatic nitrogens is 1. The molecule has 2 N–H and O–H groups in total. The predicted molar refractivity (Wildman–Crippen MR) is 104 cm³/mol. The summed E-state index contributed by atoms with van der Waals surface area (Å²) in [6, 6.07) is 10.8. The van der Waals surface area contributed by atoms with Gasteiger partial charge < -0.3 is 19.8 Å². The third kappa shape index (κ3) is 2.95. The fraction of sp³-hybridized carbons (Fsp3) is 0.143. The lowest BCUT2D eigenvalue weighted by Gasteiger charge is -2.04. The van der Waals surface area contributed by atoms with E-state index in [1.54, 1.807) is 32.2 Å². The van der Waals surface area contributed by atoms with Crippen LogP contribution >= 0.6 is 0 Å². The zero-order valence-electron chi connectivity index (χ0n) is 15.0. The van der Waals surface area contributed by atoms with Gasteiger partial charge >= 0.3 is 5.97 Å². The maximum Gasteiger partial charge on any atom is 0.338 e. The molecule has 6 heteroatoms. The van der Waals surface area contributed by atoms with Crippen LogP contribution in [0.25, 0.3) is 22.6 Å². The number of fused-ring (bicyclic) bond motifs is 2. The molecule has 0 radical (unpaired) electrons. The largest absolute Gasteiger partial charge is 0.497 e. The molecule has 0 spiro atoms. The van der Waals surface area contributed by atoms with E-state index in [4.69, 9.17) is 9.47 Å². The molecule has 136 valence electrons. The summed E-state index contributed by atoms with van der Waals surface area (Å²) < 4.78 is 10.4. The second-order valence-corrected chi connectivity index (χ2v) is 6.15. The van der Waals surface area contributed by atoms with Gasteiger partial charge in [-0.15, -0.1) is 0 Å². The van der Waals surface area contributed by atoms with Crippen LogP contribution in [0.4, 0.5) is 5.69 Å². The first kappa shape index (κ1) is 16.9. The Labute approximate surface area is 155 Å². The summed E-state index contributed by atoms with van der Waals surface area (Å²) in [5.41, 5.74) is 4.09. The van der Waals surface area contributed by atoms with Gasteiger partial charge in [-0.2, -0.15) is 0 Å². The molecule has 1 aromatic heterocycles. The topological polar surface area (TPSA) is 80.4 Å². The highest BCUT2D eigenvalue weighted by atomic mass is 16.5. The van der Waals surface area contributed by atoms with Gasteiger partial charge in [0.25, 0.3) is 5.91 Å². The minimum absolute atomic E-state index is 0.205. The van der Waals surface area contributed by atoms with Crippen molar-refractivity contribution in [1.29, 1.82) is 0 Å². The molecular weight excluding hydrogens is 344 g/mol. The second-order valence-electron chi connectivity index (χ2n) is 6.15. The maximum absolute atomic E-state index is 12.5. The second kappa shape index (κ2) is 6.64. The lowest BCUT2D eigenvalue weighted by atomic mass is 10.0. The van der Waals surface area contributed by atoms with Crippen LogP contribution in [-0.2, 0) is 9.53 Å². The Hall–Kier alpha value is -3.54. The molecular formula is C21H18N2O4. The fourth-order valence-corrected chi connectivity index (χ4v) is 3.20. The van der Waals surface area contributed by atoms with Gasteiger partial charge in [0.05, 0.1) is 19.3 Å². The molecule has 2 aromatic carbocycles. The van der Waals surface area contributed by atoms with Crippen LogP contribution in [0.1, 0.15) is 28.4 Å². The molecule has 0 unspecified atom stereocenters. The number of H-pyrrole nitrogens is 1. The number of carbonyl (C=O) groups excluding carboxylic acids is 2. The lowest BCUT2D eigenvalue weighted by molar-refractivity contribution is -0.110. The van der Waals surface area contributed by atoms with Crippen molar-refractivity contribution in [2.45, 2.75) is 6.92 Å². The Morgan fingerprint density at radius 1 is 1.19 bits per heavy atom. The number of hydrogen-bond donors (Lipinski definition) is 2. The van der Waals surface area contributed by atoms with Crippen molar-refractivity contribution >= 4 is 40.1 Å². The summed E-state index contributed by atoms with van der Waals surface area (Å²) >= 11 is 0. The number of aromatic amines is 1. The van der Waals surface area contributed by atoms with E-state index >= 15 is 0 Å². The summed E-state index contributed by atoms with van der Waals surface area (Å²) in [5.74, 6) is 0.127. The van der Waals surface area contributed by atoms with Gasteiger partial charge in [-0.05, 0) is 49.4 Å². The van der Waals surface area contributed by atoms with E-state index < -0.39 is 5.97 Å². The van der Waals surface area contributed by atoms with E-state index in [9.17, 15) is 9.59 Å². The zero-order chi connectivity index (χ0) is 19.0. The summed E-state index contributed by atoms with van der Waals surface area (Å²) in [4.78, 5) is 27.7. The molecule has 2 heterocycles. The van der Waals surface area contributed by atoms with Gasteiger partial charge in [0.1, 0.15) is 5.75 Å². The van der Waals surface area contributed by atoms with E-state index in [0.717, 1.165) is 22.2 Å². The Morgan fingerprint density at radius 2 is 2.04 bits per heavy atom. The van der Waals surface area contributed by atoms with Gasteiger partial charge in [-0.25, -0.2) is 4.79 Å². The number of methoxy groups -OCH3 is 1. The molecule has 0 atom stereocenters. The smallest absolute Gasteiger partial charge is 0.338 e. The maximum atomic E-state index is 12.5. The molecule has 3 aromatic rings. The Balaban J connectivity index is 1.80. The average Bonchev–Trinajstić information content (AvgIpc) is 3.22. The predicted octanol–water partition coefficient (Wildman–Crippen LogP) is 3.85. The van der Waals surface area contributed by atoms with Gasteiger partial charge in [0.2, 0.25) is 0 Å². The van der Waals surface area contributed by atoms with E-state index in [-0.39, 0.29) is 5.91 Å². The number of anilines is 1. The highest BCUT2D eigenvalue weighted by Crippen LogP contribution is 2.35. The number of nitrogens with one attached hydrogen (secondary N) is 2. The van der Waals surface area contributed by atoms with Crippen LogP contribution in [-0.4, -0.2) is 30.6 Å². The fourth-order valence-electron chi connectivity index (χ4n) is 3.20. The molecule has 4 rings (SSSR count). The number of esters is 1. The van der Waals surface area contributed by atoms with Crippen LogP contribution in [0.2, 0.25) is 0 Å². The minimum atomic E-state index is -0.407. The summed E-state index contributed by atoms with van der Waals surface area (Å²) in [5, 5.41) is 3.78. The van der Waals surface area contributed by atoms with Crippen molar-refractivity contribution in [3.8, 4) is 5.75 Å². The SMILES string of the molecule is CCOC(=O)c1ccc2c(c1)C(=Cc1c[nH]c3ccc(OC)cc13)C(=O)N2. The molecule has 1 aliphatic heterocycles. The monoisotopic (exact) mass is 362 g/mol. The summed E-state index contributed by atoms with van der Waals surface area (Å²) in [7, 11) is 1.61. The van der Waals surface area contributed by atoms with Gasteiger partial charge in [-0.3, -0.25) is 4.79 Å². The van der Waals surface area contributed by atoms with Crippen LogP contribution < -0.4 is 10.1 Å². The highest BCUT2D eigenvalue weighted by Gasteiger charge is 2.26. The molecule has 0 bridgehead atoms. The minimum Gasteiger partial charge on any atom is -0.497 e. The third-order valence-corrected chi connectivity index (χ3v) is 4.53. The van der Waals surface area contributed by atoms with E-state index in [1.807, 2.05) is 30.5 Å². The number of hydrogen-bond acceptors (Lipinski definition) is 4. The summed E-state index contributed by atoms with van der Waals surface area (Å²) in [6.45, 7) is 2.06.